The lowest BCUT2D eigenvalue weighted by Gasteiger charge is -2.10. The van der Waals surface area contributed by atoms with Gasteiger partial charge in [0.1, 0.15) is 11.5 Å². The van der Waals surface area contributed by atoms with Crippen molar-refractivity contribution in [3.05, 3.63) is 47.9 Å². The second kappa shape index (κ2) is 7.59. The molecular weight excluding hydrogens is 304 g/mol. The first kappa shape index (κ1) is 16.8. The molecular formula is C15H17F2N5O. The Morgan fingerprint density at radius 3 is 2.57 bits per heavy atom. The van der Waals surface area contributed by atoms with Crippen LogP contribution in [0.15, 0.2) is 30.6 Å². The third kappa shape index (κ3) is 4.96. The molecule has 0 fully saturated rings. The molecule has 1 aromatic carbocycles. The first-order chi connectivity index (χ1) is 11.0. The van der Waals surface area contributed by atoms with Gasteiger partial charge in [0.25, 0.3) is 5.91 Å². The summed E-state index contributed by atoms with van der Waals surface area (Å²) in [6.07, 6.45) is 2.66. The van der Waals surface area contributed by atoms with Gasteiger partial charge in [-0.25, -0.2) is 18.7 Å². The molecule has 1 heterocycles. The number of rotatable bonds is 6. The molecule has 6 nitrogen and oxygen atoms in total. The van der Waals surface area contributed by atoms with Crippen molar-refractivity contribution in [3.63, 3.8) is 0 Å². The number of hydrogen-bond acceptors (Lipinski definition) is 5. The Labute approximate surface area is 132 Å². The van der Waals surface area contributed by atoms with Gasteiger partial charge in [-0.2, -0.15) is 0 Å². The van der Waals surface area contributed by atoms with E-state index >= 15 is 0 Å². The van der Waals surface area contributed by atoms with Crippen LogP contribution in [0.1, 0.15) is 10.5 Å². The van der Waals surface area contributed by atoms with E-state index in [4.69, 9.17) is 0 Å². The largest absolute Gasteiger partial charge is 0.349 e. The highest BCUT2D eigenvalue weighted by Gasteiger charge is 2.08. The van der Waals surface area contributed by atoms with E-state index in [1.165, 1.54) is 18.5 Å². The zero-order valence-electron chi connectivity index (χ0n) is 12.8. The molecule has 0 aliphatic rings. The van der Waals surface area contributed by atoms with Gasteiger partial charge in [-0.05, 0) is 26.2 Å². The Bertz CT molecular complexity index is 676. The minimum Gasteiger partial charge on any atom is -0.349 e. The standard InChI is InChI=1S/C15H17F2N5O/c1-22(2)6-5-18-15(23)13-8-20-14(9-19-13)21-10-3-4-11(16)12(17)7-10/h3-4,7-9H,5-6H2,1-2H3,(H,18,23)(H,20,21). The Balaban J connectivity index is 1.96. The van der Waals surface area contributed by atoms with Crippen LogP contribution in [0.5, 0.6) is 0 Å². The lowest BCUT2D eigenvalue weighted by molar-refractivity contribution is 0.0945. The van der Waals surface area contributed by atoms with Crippen LogP contribution in [-0.4, -0.2) is 48.0 Å². The molecule has 8 heteroatoms. The highest BCUT2D eigenvalue weighted by atomic mass is 19.2. The van der Waals surface area contributed by atoms with E-state index in [2.05, 4.69) is 20.6 Å². The molecule has 0 aliphatic heterocycles. The van der Waals surface area contributed by atoms with Crippen LogP contribution in [0.2, 0.25) is 0 Å². The van der Waals surface area contributed by atoms with Crippen molar-refractivity contribution in [2.75, 3.05) is 32.5 Å². The molecule has 1 aromatic heterocycles. The predicted octanol–water partition coefficient (Wildman–Crippen LogP) is 1.79. The summed E-state index contributed by atoms with van der Waals surface area (Å²) in [5, 5.41) is 5.50. The van der Waals surface area contributed by atoms with Crippen molar-refractivity contribution in [2.45, 2.75) is 0 Å². The van der Waals surface area contributed by atoms with Crippen molar-refractivity contribution in [1.29, 1.82) is 0 Å². The Hall–Kier alpha value is -2.61. The highest BCUT2D eigenvalue weighted by Crippen LogP contribution is 2.16. The molecule has 0 saturated carbocycles. The number of amides is 1. The summed E-state index contributed by atoms with van der Waals surface area (Å²) in [5.74, 6) is -1.88. The summed E-state index contributed by atoms with van der Waals surface area (Å²) in [4.78, 5) is 21.8. The number of nitrogens with one attached hydrogen (secondary N) is 2. The molecule has 0 saturated heterocycles. The lowest BCUT2D eigenvalue weighted by atomic mass is 10.3. The van der Waals surface area contributed by atoms with Gasteiger partial charge in [-0.1, -0.05) is 0 Å². The summed E-state index contributed by atoms with van der Waals surface area (Å²) in [7, 11) is 3.81. The second-order valence-electron chi connectivity index (χ2n) is 5.10. The first-order valence-corrected chi connectivity index (χ1v) is 6.93. The van der Waals surface area contributed by atoms with Crippen molar-refractivity contribution < 1.29 is 13.6 Å². The minimum absolute atomic E-state index is 0.180. The van der Waals surface area contributed by atoms with Gasteiger partial charge >= 0.3 is 0 Å². The molecule has 0 radical (unpaired) electrons. The molecule has 0 bridgehead atoms. The molecule has 2 rings (SSSR count). The number of hydrogen-bond donors (Lipinski definition) is 2. The van der Waals surface area contributed by atoms with Crippen LogP contribution in [-0.2, 0) is 0 Å². The summed E-state index contributed by atoms with van der Waals surface area (Å²) >= 11 is 0. The molecule has 0 unspecified atom stereocenters. The summed E-state index contributed by atoms with van der Waals surface area (Å²) in [6.45, 7) is 1.22. The lowest BCUT2D eigenvalue weighted by Crippen LogP contribution is -2.31. The predicted molar refractivity (Wildman–Crippen MR) is 82.6 cm³/mol. The van der Waals surface area contributed by atoms with E-state index in [-0.39, 0.29) is 11.6 Å². The van der Waals surface area contributed by atoms with Gasteiger partial charge < -0.3 is 15.5 Å². The first-order valence-electron chi connectivity index (χ1n) is 6.93. The zero-order chi connectivity index (χ0) is 16.8. The van der Waals surface area contributed by atoms with Crippen molar-refractivity contribution in [3.8, 4) is 0 Å². The quantitative estimate of drug-likeness (QED) is 0.849. The molecule has 0 atom stereocenters. The van der Waals surface area contributed by atoms with Gasteiger partial charge in [-0.3, -0.25) is 4.79 Å². The monoisotopic (exact) mass is 321 g/mol. The maximum atomic E-state index is 13.1. The molecule has 2 N–H and O–H groups in total. The number of likely N-dealkylation sites (N-methyl/N-ethyl adjacent to an activating group) is 1. The van der Waals surface area contributed by atoms with Crippen LogP contribution in [0, 0.1) is 11.6 Å². The van der Waals surface area contributed by atoms with E-state index in [9.17, 15) is 13.6 Å². The maximum absolute atomic E-state index is 13.1. The maximum Gasteiger partial charge on any atom is 0.271 e. The van der Waals surface area contributed by atoms with E-state index in [0.29, 0.717) is 18.1 Å². The third-order valence-corrected chi connectivity index (χ3v) is 2.92. The number of carbonyl (C=O) groups excluding carboxylic acids is 1. The van der Waals surface area contributed by atoms with Crippen LogP contribution >= 0.6 is 0 Å². The van der Waals surface area contributed by atoms with E-state index in [1.807, 2.05) is 19.0 Å². The number of halogens is 2. The van der Waals surface area contributed by atoms with Crippen LogP contribution < -0.4 is 10.6 Å². The highest BCUT2D eigenvalue weighted by molar-refractivity contribution is 5.92. The van der Waals surface area contributed by atoms with Gasteiger partial charge in [0.15, 0.2) is 11.6 Å². The molecule has 122 valence electrons. The summed E-state index contributed by atoms with van der Waals surface area (Å²) in [5.41, 5.74) is 0.515. The fourth-order valence-electron chi connectivity index (χ4n) is 1.72. The fourth-order valence-corrected chi connectivity index (χ4v) is 1.72. The number of benzene rings is 1. The number of aromatic nitrogens is 2. The van der Waals surface area contributed by atoms with E-state index in [0.717, 1.165) is 18.7 Å². The number of nitrogens with zero attached hydrogens (tertiary/aromatic N) is 3. The number of carbonyl (C=O) groups is 1. The van der Waals surface area contributed by atoms with Gasteiger partial charge in [0, 0.05) is 24.8 Å². The van der Waals surface area contributed by atoms with Crippen LogP contribution in [0.25, 0.3) is 0 Å². The van der Waals surface area contributed by atoms with Crippen molar-refractivity contribution in [2.24, 2.45) is 0 Å². The second-order valence-corrected chi connectivity index (χ2v) is 5.10. The smallest absolute Gasteiger partial charge is 0.271 e. The average molecular weight is 321 g/mol. The Kier molecular flexibility index (Phi) is 5.53. The Morgan fingerprint density at radius 2 is 1.96 bits per heavy atom. The summed E-state index contributed by atoms with van der Waals surface area (Å²) < 4.78 is 26.0. The van der Waals surface area contributed by atoms with Gasteiger partial charge in [0.2, 0.25) is 0 Å². The van der Waals surface area contributed by atoms with Gasteiger partial charge in [-0.15, -0.1) is 0 Å². The van der Waals surface area contributed by atoms with E-state index in [1.54, 1.807) is 0 Å². The molecule has 0 aliphatic carbocycles. The number of anilines is 2. The SMILES string of the molecule is CN(C)CCNC(=O)c1cnc(Nc2ccc(F)c(F)c2)cn1. The fraction of sp³-hybridized carbons (Fsp3) is 0.267. The molecule has 0 spiro atoms. The van der Waals surface area contributed by atoms with Crippen LogP contribution in [0.3, 0.4) is 0 Å². The third-order valence-electron chi connectivity index (χ3n) is 2.92. The molecule has 1 amide bonds. The van der Waals surface area contributed by atoms with Crippen LogP contribution in [0.4, 0.5) is 20.3 Å². The topological polar surface area (TPSA) is 70.2 Å². The van der Waals surface area contributed by atoms with E-state index < -0.39 is 11.6 Å². The summed E-state index contributed by atoms with van der Waals surface area (Å²) in [6, 6.07) is 3.40. The van der Waals surface area contributed by atoms with Crippen molar-refractivity contribution >= 4 is 17.4 Å². The average Bonchev–Trinajstić information content (AvgIpc) is 2.51. The zero-order valence-corrected chi connectivity index (χ0v) is 12.8. The minimum atomic E-state index is -0.958. The van der Waals surface area contributed by atoms with Gasteiger partial charge in [0.05, 0.1) is 12.4 Å². The molecule has 2 aromatic rings. The van der Waals surface area contributed by atoms with Crippen molar-refractivity contribution in [1.82, 2.24) is 20.2 Å². The Morgan fingerprint density at radius 1 is 1.17 bits per heavy atom. The molecule has 23 heavy (non-hydrogen) atoms. The normalized spacial score (nSPS) is 10.7.